The van der Waals surface area contributed by atoms with Crippen molar-refractivity contribution in [1.29, 1.82) is 0 Å². The number of hydrogen-bond donors (Lipinski definition) is 1. The number of pyridine rings is 1. The molecule has 1 aliphatic heterocycles. The van der Waals surface area contributed by atoms with Gasteiger partial charge in [0.1, 0.15) is 23.2 Å². The number of aromatic nitrogens is 3. The molecule has 12 heteroatoms. The van der Waals surface area contributed by atoms with Crippen LogP contribution in [0.15, 0.2) is 108 Å². The lowest BCUT2D eigenvalue weighted by Crippen LogP contribution is -2.50. The Balaban J connectivity index is 1.19. The number of ketones is 1. The second-order valence-electron chi connectivity index (χ2n) is 11.4. The summed E-state index contributed by atoms with van der Waals surface area (Å²) in [6, 6.07) is 19.7. The normalized spacial score (nSPS) is 13.5. The number of aliphatic hydroxyl groups excluding tert-OH is 1. The summed E-state index contributed by atoms with van der Waals surface area (Å²) in [6.07, 6.45) is 5.58. The molecule has 3 heterocycles. The van der Waals surface area contributed by atoms with Crippen molar-refractivity contribution in [3.63, 3.8) is 0 Å². The number of piperazine rings is 1. The number of halogens is 3. The summed E-state index contributed by atoms with van der Waals surface area (Å²) in [5.41, 5.74) is 1.55. The molecular weight excluding hydrogens is 623 g/mol. The van der Waals surface area contributed by atoms with Crippen molar-refractivity contribution in [3.05, 3.63) is 154 Å². The lowest BCUT2D eigenvalue weighted by atomic mass is 10.0. The molecule has 1 saturated heterocycles. The molecule has 1 aliphatic rings. The minimum atomic E-state index is -1.03. The Morgan fingerprint density at radius 2 is 1.52 bits per heavy atom. The van der Waals surface area contributed by atoms with Gasteiger partial charge >= 0.3 is 0 Å². The molecule has 2 aromatic heterocycles. The van der Waals surface area contributed by atoms with E-state index in [9.17, 15) is 32.7 Å². The first kappa shape index (κ1) is 32.0. The molecule has 0 atom stereocenters. The maximum absolute atomic E-state index is 14.5. The Bertz CT molecular complexity index is 2030. The molecule has 1 N–H and O–H groups in total. The number of rotatable bonds is 9. The topological polar surface area (TPSA) is 101 Å². The van der Waals surface area contributed by atoms with Gasteiger partial charge in [0.15, 0.2) is 0 Å². The Kier molecular flexibility index (Phi) is 9.24. The molecule has 0 radical (unpaired) electrons. The predicted molar refractivity (Wildman–Crippen MR) is 173 cm³/mol. The van der Waals surface area contributed by atoms with Gasteiger partial charge in [0.2, 0.25) is 5.78 Å². The average Bonchev–Trinajstić information content (AvgIpc) is 3.62. The molecule has 3 aromatic carbocycles. The highest BCUT2D eigenvalue weighted by atomic mass is 19.1. The molecule has 6 rings (SSSR count). The molecule has 0 aliphatic carbocycles. The third kappa shape index (κ3) is 7.22. The second kappa shape index (κ2) is 13.8. The van der Waals surface area contributed by atoms with Crippen molar-refractivity contribution >= 4 is 23.1 Å². The molecule has 5 aromatic rings. The standard InChI is InChI=1S/C36H30F3N5O4/c37-27-17-24(18-28(38)20-27)16-25-19-31(35(47)43(22-25)23-26-4-1-2-5-32(26)39)33(45)21-34(46)36(48)42-14-12-41(13-15-42)29-6-8-30(9-7-29)44-11-3-10-40-44/h1-11,17-22,45H,12-16,23H2/b33-21-. The van der Waals surface area contributed by atoms with Crippen LogP contribution in [-0.2, 0) is 22.6 Å². The molecule has 1 amide bonds. The number of benzene rings is 3. The Morgan fingerprint density at radius 1 is 0.833 bits per heavy atom. The van der Waals surface area contributed by atoms with Gasteiger partial charge < -0.3 is 19.5 Å². The monoisotopic (exact) mass is 653 g/mol. The largest absolute Gasteiger partial charge is 0.507 e. The van der Waals surface area contributed by atoms with E-state index >= 15 is 0 Å². The van der Waals surface area contributed by atoms with E-state index in [0.29, 0.717) is 24.7 Å². The highest BCUT2D eigenvalue weighted by Crippen LogP contribution is 2.20. The number of hydrogen-bond acceptors (Lipinski definition) is 6. The van der Waals surface area contributed by atoms with Gasteiger partial charge in [0.05, 0.1) is 17.8 Å². The number of carbonyl (C=O) groups excluding carboxylic acids is 2. The zero-order chi connectivity index (χ0) is 33.8. The van der Waals surface area contributed by atoms with Crippen LogP contribution in [0.1, 0.15) is 22.3 Å². The van der Waals surface area contributed by atoms with Crippen LogP contribution in [0.4, 0.5) is 18.9 Å². The van der Waals surface area contributed by atoms with Gasteiger partial charge in [-0.25, -0.2) is 17.9 Å². The van der Waals surface area contributed by atoms with E-state index in [1.807, 2.05) is 36.5 Å². The number of nitrogens with zero attached hydrogens (tertiary/aromatic N) is 5. The van der Waals surface area contributed by atoms with Gasteiger partial charge in [-0.1, -0.05) is 18.2 Å². The molecular formula is C36H30F3N5O4. The molecule has 0 unspecified atom stereocenters. The van der Waals surface area contributed by atoms with Crippen molar-refractivity contribution in [2.45, 2.75) is 13.0 Å². The summed E-state index contributed by atoms with van der Waals surface area (Å²) in [6.45, 7) is 1.24. The molecule has 1 fully saturated rings. The lowest BCUT2D eigenvalue weighted by Gasteiger charge is -2.35. The summed E-state index contributed by atoms with van der Waals surface area (Å²) in [5, 5.41) is 15.2. The number of carbonyl (C=O) groups is 2. The van der Waals surface area contributed by atoms with Gasteiger partial charge in [-0.3, -0.25) is 14.4 Å². The van der Waals surface area contributed by atoms with Crippen molar-refractivity contribution < 1.29 is 27.9 Å². The quantitative estimate of drug-likeness (QED) is 0.138. The van der Waals surface area contributed by atoms with Gasteiger partial charge in [-0.05, 0) is 72.1 Å². The van der Waals surface area contributed by atoms with Crippen LogP contribution >= 0.6 is 0 Å². The number of amides is 1. The van der Waals surface area contributed by atoms with Crippen LogP contribution in [-0.4, -0.2) is 62.2 Å². The minimum Gasteiger partial charge on any atom is -0.507 e. The molecule has 9 nitrogen and oxygen atoms in total. The van der Waals surface area contributed by atoms with E-state index in [0.717, 1.165) is 34.1 Å². The molecule has 48 heavy (non-hydrogen) atoms. The maximum atomic E-state index is 14.5. The average molecular weight is 654 g/mol. The third-order valence-electron chi connectivity index (χ3n) is 8.08. The first-order chi connectivity index (χ1) is 23.1. The molecule has 0 saturated carbocycles. The lowest BCUT2D eigenvalue weighted by molar-refractivity contribution is -0.142. The Labute approximate surface area is 273 Å². The van der Waals surface area contributed by atoms with Crippen LogP contribution < -0.4 is 10.5 Å². The summed E-state index contributed by atoms with van der Waals surface area (Å²) in [7, 11) is 0. The molecule has 244 valence electrons. The van der Waals surface area contributed by atoms with Gasteiger partial charge in [-0.15, -0.1) is 0 Å². The molecule has 0 bridgehead atoms. The van der Waals surface area contributed by atoms with Crippen molar-refractivity contribution in [2.75, 3.05) is 31.1 Å². The van der Waals surface area contributed by atoms with Crippen LogP contribution in [0.25, 0.3) is 11.4 Å². The van der Waals surface area contributed by atoms with E-state index in [-0.39, 0.29) is 42.7 Å². The smallest absolute Gasteiger partial charge is 0.294 e. The zero-order valence-electron chi connectivity index (χ0n) is 25.6. The highest BCUT2D eigenvalue weighted by molar-refractivity contribution is 6.41. The van der Waals surface area contributed by atoms with Crippen LogP contribution in [0.2, 0.25) is 0 Å². The third-order valence-corrected chi connectivity index (χ3v) is 8.08. The van der Waals surface area contributed by atoms with Crippen molar-refractivity contribution in [2.24, 2.45) is 0 Å². The van der Waals surface area contributed by atoms with Crippen LogP contribution in [0, 0.1) is 17.5 Å². The van der Waals surface area contributed by atoms with E-state index < -0.39 is 40.5 Å². The van der Waals surface area contributed by atoms with Crippen molar-refractivity contribution in [1.82, 2.24) is 19.2 Å². The summed E-state index contributed by atoms with van der Waals surface area (Å²) in [4.78, 5) is 43.0. The van der Waals surface area contributed by atoms with Gasteiger partial charge in [0, 0.05) is 68.2 Å². The summed E-state index contributed by atoms with van der Waals surface area (Å²) < 4.78 is 45.1. The maximum Gasteiger partial charge on any atom is 0.294 e. The SMILES string of the molecule is O=C(/C=C(\O)c1cc(Cc2cc(F)cc(F)c2)cn(Cc2ccccc2F)c1=O)C(=O)N1CCN(c2ccc(-n3cccn3)cc2)CC1. The van der Waals surface area contributed by atoms with Gasteiger partial charge in [-0.2, -0.15) is 5.10 Å². The van der Waals surface area contributed by atoms with E-state index in [1.54, 1.807) is 16.9 Å². The van der Waals surface area contributed by atoms with E-state index in [2.05, 4.69) is 10.00 Å². The van der Waals surface area contributed by atoms with Crippen molar-refractivity contribution in [3.8, 4) is 5.69 Å². The Morgan fingerprint density at radius 3 is 2.19 bits per heavy atom. The predicted octanol–water partition coefficient (Wildman–Crippen LogP) is 4.91. The van der Waals surface area contributed by atoms with E-state index in [4.69, 9.17) is 0 Å². The fraction of sp³-hybridized carbons (Fsp3) is 0.167. The summed E-state index contributed by atoms with van der Waals surface area (Å²) >= 11 is 0. The summed E-state index contributed by atoms with van der Waals surface area (Å²) in [5.74, 6) is -4.77. The Hall–Kier alpha value is -5.91. The molecule has 0 spiro atoms. The van der Waals surface area contributed by atoms with Crippen LogP contribution in [0.5, 0.6) is 0 Å². The highest BCUT2D eigenvalue weighted by Gasteiger charge is 2.26. The first-order valence-corrected chi connectivity index (χ1v) is 15.2. The van der Waals surface area contributed by atoms with E-state index in [1.165, 1.54) is 35.4 Å². The fourth-order valence-corrected chi connectivity index (χ4v) is 5.68. The second-order valence-corrected chi connectivity index (χ2v) is 11.4. The number of anilines is 1. The van der Waals surface area contributed by atoms with Gasteiger partial charge in [0.25, 0.3) is 11.5 Å². The zero-order valence-corrected chi connectivity index (χ0v) is 25.6. The number of aliphatic hydroxyl groups is 1. The van der Waals surface area contributed by atoms with Crippen LogP contribution in [0.3, 0.4) is 0 Å². The first-order valence-electron chi connectivity index (χ1n) is 15.2. The minimum absolute atomic E-state index is 0.0460. The fourth-order valence-electron chi connectivity index (χ4n) is 5.68.